The number of carbonyl (C=O) groups excluding carboxylic acids is 4. The van der Waals surface area contributed by atoms with Gasteiger partial charge in [0, 0.05) is 37.7 Å². The summed E-state index contributed by atoms with van der Waals surface area (Å²) in [5.41, 5.74) is 0. The normalized spacial score (nSPS) is 10.3. The lowest BCUT2D eigenvalue weighted by Crippen LogP contribution is -2.27. The highest BCUT2D eigenvalue weighted by molar-refractivity contribution is 8.13. The molecule has 0 saturated carbocycles. The van der Waals surface area contributed by atoms with Crippen LogP contribution in [0.4, 0.5) is 9.59 Å². The predicted molar refractivity (Wildman–Crippen MR) is 113 cm³/mol. The van der Waals surface area contributed by atoms with E-state index >= 15 is 0 Å². The van der Waals surface area contributed by atoms with Crippen molar-refractivity contribution in [2.24, 2.45) is 0 Å². The molecule has 0 unspecified atom stereocenters. The van der Waals surface area contributed by atoms with Crippen molar-refractivity contribution in [1.82, 2.24) is 9.80 Å². The van der Waals surface area contributed by atoms with Crippen LogP contribution in [0.25, 0.3) is 0 Å². The lowest BCUT2D eigenvalue weighted by molar-refractivity contribution is -0.151. The van der Waals surface area contributed by atoms with Crippen LogP contribution >= 0.6 is 23.5 Å². The Morgan fingerprint density at radius 2 is 0.964 bits per heavy atom. The molecule has 0 aromatic carbocycles. The van der Waals surface area contributed by atoms with Crippen LogP contribution in [-0.2, 0) is 19.1 Å². The number of nitrogens with zero attached hydrogens (tertiary/aromatic N) is 2. The van der Waals surface area contributed by atoms with Crippen LogP contribution in [0.1, 0.15) is 40.5 Å². The molecule has 0 N–H and O–H groups in total. The fourth-order valence-electron chi connectivity index (χ4n) is 2.04. The number of hydrogen-bond acceptors (Lipinski definition) is 8. The second kappa shape index (κ2) is 16.5. The first-order valence-electron chi connectivity index (χ1n) is 9.54. The maximum atomic E-state index is 11.8. The quantitative estimate of drug-likeness (QED) is 0.321. The van der Waals surface area contributed by atoms with Gasteiger partial charge in [0.2, 0.25) is 0 Å². The van der Waals surface area contributed by atoms with Gasteiger partial charge in [-0.2, -0.15) is 0 Å². The number of rotatable bonds is 13. The third-order valence-electron chi connectivity index (χ3n) is 3.72. The smallest absolute Gasteiger partial charge is 0.306 e. The molecule has 0 bridgehead atoms. The highest BCUT2D eigenvalue weighted by Crippen LogP contribution is 2.11. The summed E-state index contributed by atoms with van der Waals surface area (Å²) in [6.45, 7) is 10.1. The highest BCUT2D eigenvalue weighted by atomic mass is 32.2. The zero-order chi connectivity index (χ0) is 21.4. The summed E-state index contributed by atoms with van der Waals surface area (Å²) in [5, 5.41) is -0.104. The Morgan fingerprint density at radius 1 is 0.643 bits per heavy atom. The first kappa shape index (κ1) is 26.6. The second-order valence-corrected chi connectivity index (χ2v) is 7.61. The Kier molecular flexibility index (Phi) is 15.7. The third-order valence-corrected chi connectivity index (χ3v) is 5.54. The van der Waals surface area contributed by atoms with Crippen molar-refractivity contribution in [2.75, 3.05) is 50.9 Å². The largest absolute Gasteiger partial charge is 0.462 e. The zero-order valence-corrected chi connectivity index (χ0v) is 18.9. The molecule has 0 aromatic rings. The summed E-state index contributed by atoms with van der Waals surface area (Å²) in [6, 6.07) is 0. The molecule has 0 saturated heterocycles. The molecule has 0 fully saturated rings. The van der Waals surface area contributed by atoms with Crippen molar-refractivity contribution >= 4 is 45.9 Å². The minimum atomic E-state index is -0.434. The number of esters is 2. The summed E-state index contributed by atoms with van der Waals surface area (Å²) in [7, 11) is 0. The van der Waals surface area contributed by atoms with Crippen LogP contribution in [0.3, 0.4) is 0 Å². The molecule has 8 nitrogen and oxygen atoms in total. The van der Waals surface area contributed by atoms with Crippen LogP contribution in [0.15, 0.2) is 0 Å². The van der Waals surface area contributed by atoms with Crippen molar-refractivity contribution in [2.45, 2.75) is 40.5 Å². The molecule has 0 aliphatic heterocycles. The van der Waals surface area contributed by atoms with Gasteiger partial charge in [-0.05, 0) is 27.7 Å². The van der Waals surface area contributed by atoms with Crippen molar-refractivity contribution < 1.29 is 28.7 Å². The first-order chi connectivity index (χ1) is 13.4. The molecule has 0 spiro atoms. The minimum absolute atomic E-state index is 0.0231. The molecule has 162 valence electrons. The van der Waals surface area contributed by atoms with E-state index in [2.05, 4.69) is 0 Å². The summed E-state index contributed by atoms with van der Waals surface area (Å²) in [5.74, 6) is -0.162. The Balaban J connectivity index is 3.75. The van der Waals surface area contributed by atoms with Gasteiger partial charge in [0.1, 0.15) is 13.2 Å². The Hall–Kier alpha value is -1.42. The summed E-state index contributed by atoms with van der Waals surface area (Å²) in [4.78, 5) is 50.1. The second-order valence-electron chi connectivity index (χ2n) is 5.51. The summed E-state index contributed by atoms with van der Waals surface area (Å²) in [6.07, 6.45) is 0.242. The van der Waals surface area contributed by atoms with E-state index in [4.69, 9.17) is 9.47 Å². The van der Waals surface area contributed by atoms with Crippen LogP contribution in [-0.4, -0.2) is 83.1 Å². The highest BCUT2D eigenvalue weighted by Gasteiger charge is 2.13. The number of ether oxygens (including phenoxy) is 2. The summed E-state index contributed by atoms with van der Waals surface area (Å²) >= 11 is 2.18. The zero-order valence-electron chi connectivity index (χ0n) is 17.2. The van der Waals surface area contributed by atoms with Crippen LogP contribution < -0.4 is 0 Å². The van der Waals surface area contributed by atoms with Gasteiger partial charge in [0.25, 0.3) is 10.5 Å². The van der Waals surface area contributed by atoms with E-state index in [0.717, 1.165) is 23.5 Å². The average Bonchev–Trinajstić information content (AvgIpc) is 2.67. The number of hydrogen-bond donors (Lipinski definition) is 0. The van der Waals surface area contributed by atoms with Crippen molar-refractivity contribution in [3.05, 3.63) is 0 Å². The molecule has 0 rings (SSSR count). The summed E-state index contributed by atoms with van der Waals surface area (Å²) < 4.78 is 9.94. The first-order valence-corrected chi connectivity index (χ1v) is 11.5. The molecule has 0 radical (unpaired) electrons. The standard InChI is InChI=1S/C18H32N2O6S2/c1-5-19(6-2)17(23)27-13-9-15(21)25-11-12-26-16(22)10-14-28-18(24)20(7-3)8-4/h5-14H2,1-4H3. The molecule has 0 atom stereocenters. The molecule has 10 heteroatoms. The lowest BCUT2D eigenvalue weighted by Gasteiger charge is -2.17. The number of carbonyl (C=O) groups is 4. The molecule has 0 aliphatic rings. The van der Waals surface area contributed by atoms with E-state index in [0.29, 0.717) is 37.7 Å². The predicted octanol–water partition coefficient (Wildman–Crippen LogP) is 3.24. The van der Waals surface area contributed by atoms with Gasteiger partial charge in [-0.25, -0.2) is 0 Å². The molecular formula is C18H32N2O6S2. The van der Waals surface area contributed by atoms with Crippen LogP contribution in [0.2, 0.25) is 0 Å². The van der Waals surface area contributed by atoms with Gasteiger partial charge in [-0.1, -0.05) is 23.5 Å². The van der Waals surface area contributed by atoms with E-state index in [-0.39, 0.29) is 36.5 Å². The van der Waals surface area contributed by atoms with Gasteiger partial charge >= 0.3 is 11.9 Å². The van der Waals surface area contributed by atoms with E-state index in [1.54, 1.807) is 9.80 Å². The number of amides is 2. The molecule has 28 heavy (non-hydrogen) atoms. The van der Waals surface area contributed by atoms with E-state index in [1.807, 2.05) is 27.7 Å². The van der Waals surface area contributed by atoms with Crippen molar-refractivity contribution in [3.8, 4) is 0 Å². The molecular weight excluding hydrogens is 404 g/mol. The monoisotopic (exact) mass is 436 g/mol. The Morgan fingerprint density at radius 3 is 1.25 bits per heavy atom. The van der Waals surface area contributed by atoms with E-state index in [9.17, 15) is 19.2 Å². The fraction of sp³-hybridized carbons (Fsp3) is 0.778. The van der Waals surface area contributed by atoms with E-state index in [1.165, 1.54) is 0 Å². The van der Waals surface area contributed by atoms with Gasteiger partial charge < -0.3 is 19.3 Å². The Labute approximate surface area is 176 Å². The molecule has 0 aromatic heterocycles. The maximum Gasteiger partial charge on any atom is 0.306 e. The molecule has 0 heterocycles. The average molecular weight is 437 g/mol. The maximum absolute atomic E-state index is 11.8. The number of thioether (sulfide) groups is 2. The Bertz CT molecular complexity index is 452. The fourth-order valence-corrected chi connectivity index (χ4v) is 3.81. The topological polar surface area (TPSA) is 93.2 Å². The van der Waals surface area contributed by atoms with Gasteiger partial charge in [0.15, 0.2) is 0 Å². The molecule has 2 amide bonds. The SMILES string of the molecule is CCN(CC)C(=O)SCCC(=O)OCCOC(=O)CCSC(=O)N(CC)CC. The lowest BCUT2D eigenvalue weighted by atomic mass is 10.5. The van der Waals surface area contributed by atoms with E-state index < -0.39 is 11.9 Å². The van der Waals surface area contributed by atoms with Crippen LogP contribution in [0.5, 0.6) is 0 Å². The van der Waals surface area contributed by atoms with Crippen LogP contribution in [0, 0.1) is 0 Å². The van der Waals surface area contributed by atoms with Gasteiger partial charge in [-0.3, -0.25) is 19.2 Å². The van der Waals surface area contributed by atoms with Crippen molar-refractivity contribution in [1.29, 1.82) is 0 Å². The molecule has 0 aliphatic carbocycles. The van der Waals surface area contributed by atoms with Crippen molar-refractivity contribution in [3.63, 3.8) is 0 Å². The van der Waals surface area contributed by atoms with Gasteiger partial charge in [-0.15, -0.1) is 0 Å². The minimum Gasteiger partial charge on any atom is -0.462 e. The third kappa shape index (κ3) is 12.1. The van der Waals surface area contributed by atoms with Gasteiger partial charge in [0.05, 0.1) is 12.8 Å².